The fourth-order valence-corrected chi connectivity index (χ4v) is 1.42. The average molecular weight is 266 g/mol. The van der Waals surface area contributed by atoms with Crippen LogP contribution in [0.25, 0.3) is 0 Å². The second-order valence-electron chi connectivity index (χ2n) is 4.55. The Bertz CT molecular complexity index is 377. The van der Waals surface area contributed by atoms with E-state index in [9.17, 15) is 4.79 Å². The van der Waals surface area contributed by atoms with Crippen LogP contribution in [-0.2, 0) is 16.1 Å². The Morgan fingerprint density at radius 2 is 2.21 bits per heavy atom. The SMILES string of the molecule is COC(=O)CCCOc1ccc(CNC(C)C)nc1. The molecule has 1 aromatic heterocycles. The van der Waals surface area contributed by atoms with Crippen molar-refractivity contribution < 1.29 is 14.3 Å². The Kier molecular flexibility index (Phi) is 6.89. The number of ether oxygens (including phenoxy) is 2. The maximum absolute atomic E-state index is 10.9. The van der Waals surface area contributed by atoms with Gasteiger partial charge in [0.15, 0.2) is 0 Å². The van der Waals surface area contributed by atoms with E-state index in [-0.39, 0.29) is 5.97 Å². The number of nitrogens with one attached hydrogen (secondary N) is 1. The molecule has 0 atom stereocenters. The lowest BCUT2D eigenvalue weighted by Gasteiger charge is -2.08. The number of pyridine rings is 1. The largest absolute Gasteiger partial charge is 0.492 e. The third-order valence-electron chi connectivity index (χ3n) is 2.51. The lowest BCUT2D eigenvalue weighted by molar-refractivity contribution is -0.140. The summed E-state index contributed by atoms with van der Waals surface area (Å²) >= 11 is 0. The van der Waals surface area contributed by atoms with E-state index in [1.54, 1.807) is 6.20 Å². The molecule has 0 radical (unpaired) electrons. The summed E-state index contributed by atoms with van der Waals surface area (Å²) in [7, 11) is 1.39. The molecule has 1 rings (SSSR count). The van der Waals surface area contributed by atoms with Crippen molar-refractivity contribution in [3.05, 3.63) is 24.0 Å². The predicted molar refractivity (Wildman–Crippen MR) is 73.0 cm³/mol. The normalized spacial score (nSPS) is 10.5. The Morgan fingerprint density at radius 3 is 2.79 bits per heavy atom. The van der Waals surface area contributed by atoms with E-state index in [4.69, 9.17) is 4.74 Å². The van der Waals surface area contributed by atoms with Crippen LogP contribution < -0.4 is 10.1 Å². The molecule has 0 aliphatic rings. The van der Waals surface area contributed by atoms with E-state index in [0.717, 1.165) is 18.0 Å². The quantitative estimate of drug-likeness (QED) is 0.575. The van der Waals surface area contributed by atoms with Crippen LogP contribution in [0.4, 0.5) is 0 Å². The second-order valence-corrected chi connectivity index (χ2v) is 4.55. The van der Waals surface area contributed by atoms with Crippen molar-refractivity contribution in [2.24, 2.45) is 0 Å². The van der Waals surface area contributed by atoms with Gasteiger partial charge in [-0.1, -0.05) is 13.8 Å². The Morgan fingerprint density at radius 1 is 1.42 bits per heavy atom. The fourth-order valence-electron chi connectivity index (χ4n) is 1.42. The number of hydrogen-bond acceptors (Lipinski definition) is 5. The van der Waals surface area contributed by atoms with Gasteiger partial charge in [-0.25, -0.2) is 0 Å². The minimum Gasteiger partial charge on any atom is -0.492 e. The van der Waals surface area contributed by atoms with Crippen molar-refractivity contribution in [2.45, 2.75) is 39.3 Å². The monoisotopic (exact) mass is 266 g/mol. The Balaban J connectivity index is 2.26. The summed E-state index contributed by atoms with van der Waals surface area (Å²) in [5, 5.41) is 3.30. The first kappa shape index (κ1) is 15.4. The van der Waals surface area contributed by atoms with Gasteiger partial charge >= 0.3 is 5.97 Å². The summed E-state index contributed by atoms with van der Waals surface area (Å²) in [6, 6.07) is 4.27. The molecular formula is C14H22N2O3. The third kappa shape index (κ3) is 6.76. The van der Waals surface area contributed by atoms with E-state index in [1.807, 2.05) is 12.1 Å². The number of esters is 1. The highest BCUT2D eigenvalue weighted by molar-refractivity contribution is 5.68. The van der Waals surface area contributed by atoms with E-state index in [2.05, 4.69) is 28.9 Å². The molecule has 19 heavy (non-hydrogen) atoms. The first-order valence-corrected chi connectivity index (χ1v) is 6.49. The van der Waals surface area contributed by atoms with Gasteiger partial charge in [0.25, 0.3) is 0 Å². The zero-order chi connectivity index (χ0) is 14.1. The molecule has 0 saturated heterocycles. The van der Waals surface area contributed by atoms with Gasteiger partial charge in [0.2, 0.25) is 0 Å². The van der Waals surface area contributed by atoms with Crippen molar-refractivity contribution >= 4 is 5.97 Å². The van der Waals surface area contributed by atoms with Gasteiger partial charge in [-0.05, 0) is 18.6 Å². The summed E-state index contributed by atoms with van der Waals surface area (Å²) in [5.74, 6) is 0.509. The van der Waals surface area contributed by atoms with Gasteiger partial charge in [0.05, 0.1) is 25.6 Å². The molecule has 106 valence electrons. The molecule has 0 fully saturated rings. The van der Waals surface area contributed by atoms with Crippen molar-refractivity contribution in [2.75, 3.05) is 13.7 Å². The molecule has 5 heteroatoms. The van der Waals surface area contributed by atoms with Crippen LogP contribution in [-0.4, -0.2) is 30.7 Å². The molecule has 0 unspecified atom stereocenters. The number of aromatic nitrogens is 1. The number of rotatable bonds is 8. The van der Waals surface area contributed by atoms with Gasteiger partial charge in [-0.3, -0.25) is 9.78 Å². The Labute approximate surface area is 114 Å². The average Bonchev–Trinajstić information content (AvgIpc) is 2.42. The summed E-state index contributed by atoms with van der Waals surface area (Å²) in [5.41, 5.74) is 0.982. The summed E-state index contributed by atoms with van der Waals surface area (Å²) in [6.45, 7) is 5.43. The maximum Gasteiger partial charge on any atom is 0.305 e. The first-order chi connectivity index (χ1) is 9.11. The predicted octanol–water partition coefficient (Wildman–Crippen LogP) is 1.91. The van der Waals surface area contributed by atoms with Crippen LogP contribution >= 0.6 is 0 Å². The van der Waals surface area contributed by atoms with Crippen molar-refractivity contribution in [3.63, 3.8) is 0 Å². The van der Waals surface area contributed by atoms with E-state index in [0.29, 0.717) is 25.5 Å². The van der Waals surface area contributed by atoms with Crippen LogP contribution in [0.2, 0.25) is 0 Å². The number of carbonyl (C=O) groups is 1. The molecular weight excluding hydrogens is 244 g/mol. The maximum atomic E-state index is 10.9. The third-order valence-corrected chi connectivity index (χ3v) is 2.51. The number of carbonyl (C=O) groups excluding carboxylic acids is 1. The summed E-state index contributed by atoms with van der Waals surface area (Å²) in [6.07, 6.45) is 2.72. The van der Waals surface area contributed by atoms with Crippen LogP contribution in [0.5, 0.6) is 5.75 Å². The molecule has 0 saturated carbocycles. The molecule has 0 amide bonds. The van der Waals surface area contributed by atoms with Crippen LogP contribution in [0, 0.1) is 0 Å². The first-order valence-electron chi connectivity index (χ1n) is 6.49. The molecule has 0 aromatic carbocycles. The van der Waals surface area contributed by atoms with Gasteiger partial charge in [-0.2, -0.15) is 0 Å². The molecule has 0 bridgehead atoms. The zero-order valence-electron chi connectivity index (χ0n) is 11.8. The lowest BCUT2D eigenvalue weighted by atomic mass is 10.3. The van der Waals surface area contributed by atoms with Crippen LogP contribution in [0.15, 0.2) is 18.3 Å². The highest BCUT2D eigenvalue weighted by atomic mass is 16.5. The van der Waals surface area contributed by atoms with Crippen molar-refractivity contribution in [3.8, 4) is 5.75 Å². The van der Waals surface area contributed by atoms with Crippen molar-refractivity contribution in [1.29, 1.82) is 0 Å². The van der Waals surface area contributed by atoms with E-state index < -0.39 is 0 Å². The van der Waals surface area contributed by atoms with Gasteiger partial charge in [0.1, 0.15) is 5.75 Å². The topological polar surface area (TPSA) is 60.5 Å². The zero-order valence-corrected chi connectivity index (χ0v) is 11.8. The molecule has 0 aliphatic carbocycles. The number of methoxy groups -OCH3 is 1. The van der Waals surface area contributed by atoms with E-state index in [1.165, 1.54) is 7.11 Å². The number of nitrogens with zero attached hydrogens (tertiary/aromatic N) is 1. The van der Waals surface area contributed by atoms with Gasteiger partial charge < -0.3 is 14.8 Å². The van der Waals surface area contributed by atoms with E-state index >= 15 is 0 Å². The van der Waals surface area contributed by atoms with Crippen molar-refractivity contribution in [1.82, 2.24) is 10.3 Å². The molecule has 0 aliphatic heterocycles. The summed E-state index contributed by atoms with van der Waals surface area (Å²) < 4.78 is 10.0. The smallest absolute Gasteiger partial charge is 0.305 e. The molecule has 1 N–H and O–H groups in total. The highest BCUT2D eigenvalue weighted by Gasteiger charge is 2.01. The molecule has 0 spiro atoms. The highest BCUT2D eigenvalue weighted by Crippen LogP contribution is 2.10. The molecule has 5 nitrogen and oxygen atoms in total. The second kappa shape index (κ2) is 8.48. The minimum atomic E-state index is -0.211. The van der Waals surface area contributed by atoms with Gasteiger partial charge in [-0.15, -0.1) is 0 Å². The molecule has 1 heterocycles. The number of hydrogen-bond donors (Lipinski definition) is 1. The van der Waals surface area contributed by atoms with Crippen LogP contribution in [0.3, 0.4) is 0 Å². The van der Waals surface area contributed by atoms with Gasteiger partial charge in [0, 0.05) is 19.0 Å². The fraction of sp³-hybridized carbons (Fsp3) is 0.571. The summed E-state index contributed by atoms with van der Waals surface area (Å²) in [4.78, 5) is 15.2. The van der Waals surface area contributed by atoms with Crippen LogP contribution in [0.1, 0.15) is 32.4 Å². The Hall–Kier alpha value is -1.62. The standard InChI is InChI=1S/C14H22N2O3/c1-11(2)15-9-12-6-7-13(10-16-12)19-8-4-5-14(17)18-3/h6-7,10-11,15H,4-5,8-9H2,1-3H3. The minimum absolute atomic E-state index is 0.211. The lowest BCUT2D eigenvalue weighted by Crippen LogP contribution is -2.22. The molecule has 1 aromatic rings.